The number of fused-ring (bicyclic) bond motifs is 1. The topological polar surface area (TPSA) is 312 Å². The molecule has 1 radical (unpaired) electrons. The van der Waals surface area contributed by atoms with Crippen LogP contribution in [0.15, 0.2) is 126 Å². The molecule has 0 amide bonds. The molecule has 0 aliphatic rings. The van der Waals surface area contributed by atoms with Crippen LogP contribution in [-0.2, 0) is 37.6 Å². The first-order valence-electron chi connectivity index (χ1n) is 14.6. The molecule has 1 heterocycles. The maximum atomic E-state index is 12.4. The molecule has 0 saturated heterocycles. The van der Waals surface area contributed by atoms with Crippen LogP contribution in [0.5, 0.6) is 17.2 Å². The molecule has 19 nitrogen and oxygen atoms in total. The van der Waals surface area contributed by atoms with E-state index in [-0.39, 0.29) is 54.8 Å². The molecule has 0 N–H and O–H groups in total. The summed E-state index contributed by atoms with van der Waals surface area (Å²) in [6.07, 6.45) is 0. The quantitative estimate of drug-likeness (QED) is 0.0869. The molecular weight excluding hydrogens is 826 g/mol. The van der Waals surface area contributed by atoms with E-state index in [4.69, 9.17) is 11.6 Å². The van der Waals surface area contributed by atoms with E-state index in [9.17, 15) is 56.2 Å². The van der Waals surface area contributed by atoms with Crippen LogP contribution in [-0.4, -0.2) is 35.5 Å². The third-order valence-electron chi connectivity index (χ3n) is 7.13. The number of halogens is 1. The van der Waals surface area contributed by atoms with Crippen LogP contribution < -0.4 is 26.0 Å². The van der Waals surface area contributed by atoms with Crippen LogP contribution >= 0.6 is 11.6 Å². The van der Waals surface area contributed by atoms with Gasteiger partial charge in [0, 0.05) is 28.2 Å². The predicted octanol–water partition coefficient (Wildman–Crippen LogP) is 4.70. The number of hydrogen-bond donors (Lipinski definition) is 0. The fourth-order valence-corrected chi connectivity index (χ4v) is 6.15. The number of hydrogen-bond acceptors (Lipinski definition) is 16. The molecule has 0 saturated carbocycles. The van der Waals surface area contributed by atoms with Gasteiger partial charge in [-0.15, -0.1) is 10.8 Å². The van der Waals surface area contributed by atoms with Crippen molar-refractivity contribution in [2.75, 3.05) is 0 Å². The minimum Gasteiger partial charge on any atom is -0.871 e. The summed E-state index contributed by atoms with van der Waals surface area (Å²) in [5.74, 6) is -1.99. The van der Waals surface area contributed by atoms with Gasteiger partial charge in [-0.25, -0.2) is 16.8 Å². The Kier molecular flexibility index (Phi) is 12.6. The normalized spacial score (nSPS) is 11.7. The van der Waals surface area contributed by atoms with Crippen LogP contribution in [0.25, 0.3) is 16.5 Å². The maximum absolute atomic E-state index is 12.4. The van der Waals surface area contributed by atoms with Crippen LogP contribution in [0.4, 0.5) is 28.4 Å². The van der Waals surface area contributed by atoms with Crippen molar-refractivity contribution in [1.29, 1.82) is 0 Å². The molecule has 0 fully saturated rings. The van der Waals surface area contributed by atoms with Gasteiger partial charge >= 0.3 is 21.6 Å². The number of non-ortho nitro benzene ring substituents is 1. The number of aromatic nitrogens is 2. The summed E-state index contributed by atoms with van der Waals surface area (Å²) >= 11 is 5.76. The Morgan fingerprint density at radius 3 is 1.93 bits per heavy atom. The summed E-state index contributed by atoms with van der Waals surface area (Å²) in [4.78, 5) is 20.5. The standard InChI is InChI=1S/C16H11ClN2O8S2.C16H13N5O4.Cr/c17-9-2-4-12(20)11(6-9)18-19-16-13(21)3-1-8-5-10(28(22,23)24)7-14(15(8)16)29(25,26)27;1-10-15(16(23)20(19-10)11-5-3-2-4-6-11)18-17-13-9-12(21(24)25)7-8-14(13)22;/h1-7,20-21H,(H,22,23,24)(H,25,26,27);2-9H,1H3,(H2,17,18,19,22,23);/q;;+3/p-3. The van der Waals surface area contributed by atoms with Gasteiger partial charge in [0.05, 0.1) is 31.8 Å². The average molecular weight is 847 g/mol. The first-order chi connectivity index (χ1) is 25.3. The van der Waals surface area contributed by atoms with E-state index in [0.717, 1.165) is 48.5 Å². The van der Waals surface area contributed by atoms with E-state index in [0.29, 0.717) is 17.4 Å². The van der Waals surface area contributed by atoms with Gasteiger partial charge in [0.1, 0.15) is 25.9 Å². The number of nitro benzene ring substituents is 1. The summed E-state index contributed by atoms with van der Waals surface area (Å²) < 4.78 is 70.0. The van der Waals surface area contributed by atoms with E-state index in [1.54, 1.807) is 31.2 Å². The molecule has 55 heavy (non-hydrogen) atoms. The molecule has 0 aliphatic carbocycles. The van der Waals surface area contributed by atoms with Crippen molar-refractivity contribution < 1.29 is 67.8 Å². The summed E-state index contributed by atoms with van der Waals surface area (Å²) in [5, 5.41) is 64.7. The summed E-state index contributed by atoms with van der Waals surface area (Å²) in [6.45, 7) is 1.58. The molecule has 0 atom stereocenters. The van der Waals surface area contributed by atoms with Crippen molar-refractivity contribution in [2.24, 2.45) is 20.5 Å². The zero-order chi connectivity index (χ0) is 39.5. The van der Waals surface area contributed by atoms with Gasteiger partial charge in [0.2, 0.25) is 0 Å². The molecule has 23 heteroatoms. The number of para-hydroxylation sites is 1. The van der Waals surface area contributed by atoms with Gasteiger partial charge in [-0.1, -0.05) is 78.2 Å². The minimum atomic E-state index is -5.33. The number of nitro groups is 1. The third kappa shape index (κ3) is 9.58. The van der Waals surface area contributed by atoms with E-state index in [2.05, 4.69) is 25.6 Å². The van der Waals surface area contributed by atoms with Crippen molar-refractivity contribution >= 4 is 71.0 Å². The molecule has 281 valence electrons. The Morgan fingerprint density at radius 1 is 0.745 bits per heavy atom. The SMILES string of the molecule is Cc1[n-]n(-c2ccccc2)c(=O)c1N=Nc1cc([N+](=O)[O-])ccc1[O-].O=S(=O)([O-])c1cc(S(=O)(=O)[O-])c2c(N=Nc3cc(Cl)ccc3[O-])c([O-])ccc2c1.[Cr+3].[H+].[H+].[H+]. The Labute approximate surface area is 329 Å². The van der Waals surface area contributed by atoms with Gasteiger partial charge in [-0.2, -0.15) is 15.3 Å². The molecule has 5 aromatic carbocycles. The van der Waals surface area contributed by atoms with E-state index in [1.165, 1.54) is 10.7 Å². The summed E-state index contributed by atoms with van der Waals surface area (Å²) in [6, 6.07) is 18.5. The molecule has 1 aromatic heterocycles. The van der Waals surface area contributed by atoms with E-state index in [1.807, 2.05) is 6.07 Å². The molecule has 6 rings (SSSR count). The molecular formula is C32H21ClCrN7O12S2. The first kappa shape index (κ1) is 41.8. The van der Waals surface area contributed by atoms with Gasteiger partial charge < -0.3 is 34.2 Å². The van der Waals surface area contributed by atoms with Crippen LogP contribution in [0, 0.1) is 17.0 Å². The number of benzene rings is 5. The van der Waals surface area contributed by atoms with Crippen LogP contribution in [0.3, 0.4) is 0 Å². The molecule has 6 aromatic rings. The molecule has 0 aliphatic heterocycles. The Bertz CT molecular complexity index is 2810. The molecule has 0 unspecified atom stereocenters. The molecule has 0 spiro atoms. The van der Waals surface area contributed by atoms with Crippen molar-refractivity contribution in [3.05, 3.63) is 122 Å². The van der Waals surface area contributed by atoms with Crippen molar-refractivity contribution in [3.8, 4) is 22.9 Å². The van der Waals surface area contributed by atoms with Crippen molar-refractivity contribution in [1.82, 2.24) is 9.78 Å². The number of nitrogens with zero attached hydrogens (tertiary/aromatic N) is 7. The Balaban J connectivity index is 0.000000547. The average Bonchev–Trinajstić information content (AvgIpc) is 3.40. The summed E-state index contributed by atoms with van der Waals surface area (Å²) in [7, 11) is -10.4. The van der Waals surface area contributed by atoms with Crippen molar-refractivity contribution in [2.45, 2.75) is 16.7 Å². The summed E-state index contributed by atoms with van der Waals surface area (Å²) in [5.41, 5.74) is -1.04. The minimum absolute atomic E-state index is 0. The van der Waals surface area contributed by atoms with Crippen LogP contribution in [0.1, 0.15) is 9.97 Å². The van der Waals surface area contributed by atoms with E-state index >= 15 is 0 Å². The largest absolute Gasteiger partial charge is 3.00 e. The predicted molar refractivity (Wildman–Crippen MR) is 185 cm³/mol. The fraction of sp³-hybridized carbons (Fsp3) is 0.0312. The van der Waals surface area contributed by atoms with Gasteiger partial charge in [-0.05, 0) is 41.8 Å². The van der Waals surface area contributed by atoms with Gasteiger partial charge in [0.25, 0.3) is 11.2 Å². The number of rotatable bonds is 8. The second-order valence-electron chi connectivity index (χ2n) is 10.7. The monoisotopic (exact) mass is 846 g/mol. The first-order valence-corrected chi connectivity index (χ1v) is 17.8. The number of aryl methyl sites for hydroxylation is 1. The Hall–Kier alpha value is -5.99. The smallest absolute Gasteiger partial charge is 0.871 e. The maximum Gasteiger partial charge on any atom is 3.00 e. The number of azo groups is 2. The fourth-order valence-electron chi connectivity index (χ4n) is 4.64. The second kappa shape index (κ2) is 16.6. The Morgan fingerprint density at radius 2 is 1.33 bits per heavy atom. The third-order valence-corrected chi connectivity index (χ3v) is 9.04. The van der Waals surface area contributed by atoms with Gasteiger partial charge in [0.15, 0.2) is 0 Å². The zero-order valence-electron chi connectivity index (χ0n) is 30.3. The van der Waals surface area contributed by atoms with Gasteiger partial charge in [-0.3, -0.25) is 14.9 Å². The zero-order valence-corrected chi connectivity index (χ0v) is 31.0. The van der Waals surface area contributed by atoms with E-state index < -0.39 is 68.8 Å². The van der Waals surface area contributed by atoms with Crippen molar-refractivity contribution in [3.63, 3.8) is 0 Å². The molecule has 0 bridgehead atoms. The van der Waals surface area contributed by atoms with Crippen LogP contribution in [0.2, 0.25) is 5.02 Å². The second-order valence-corrected chi connectivity index (χ2v) is 13.9.